The molecule has 0 atom stereocenters. The summed E-state index contributed by atoms with van der Waals surface area (Å²) < 4.78 is 0. The molecule has 0 spiro atoms. The van der Waals surface area contributed by atoms with E-state index < -0.39 is 0 Å². The summed E-state index contributed by atoms with van der Waals surface area (Å²) in [5, 5.41) is 8.37. The summed E-state index contributed by atoms with van der Waals surface area (Å²) >= 11 is 3.03. The third-order valence-corrected chi connectivity index (χ3v) is 10.3. The first-order chi connectivity index (χ1) is 22.0. The molecule has 0 fully saturated rings. The van der Waals surface area contributed by atoms with E-state index in [0.717, 1.165) is 5.92 Å². The molecule has 6 aromatic carbocycles. The fraction of sp³-hybridized carbons (Fsp3) is 0.378. The molecule has 2 radical (unpaired) electrons. The van der Waals surface area contributed by atoms with Gasteiger partial charge in [0.1, 0.15) is 0 Å². The van der Waals surface area contributed by atoms with Gasteiger partial charge < -0.3 is 0 Å². The van der Waals surface area contributed by atoms with E-state index in [1.54, 1.807) is 0 Å². The molecule has 2 heteroatoms. The number of thiol groups is 1. The molecule has 0 unspecified atom stereocenters. The van der Waals surface area contributed by atoms with E-state index in [9.17, 15) is 0 Å². The fourth-order valence-corrected chi connectivity index (χ4v) is 6.45. The predicted molar refractivity (Wildman–Crippen MR) is 216 cm³/mol. The van der Waals surface area contributed by atoms with Crippen LogP contribution < -0.4 is 0 Å². The Kier molecular flexibility index (Phi) is 11.0. The molecule has 0 amide bonds. The van der Waals surface area contributed by atoms with Gasteiger partial charge in [0.2, 0.25) is 0 Å². The fourth-order valence-electron chi connectivity index (χ4n) is 6.45. The molecule has 1 aliphatic carbocycles. The summed E-state index contributed by atoms with van der Waals surface area (Å²) in [5.74, 6) is 1.34. The molecule has 0 aromatic heterocycles. The van der Waals surface area contributed by atoms with Crippen LogP contribution in [0.15, 0.2) is 97.1 Å². The lowest BCUT2D eigenvalue weighted by molar-refractivity contribution is 0.283. The highest BCUT2D eigenvalue weighted by Crippen LogP contribution is 2.48. The van der Waals surface area contributed by atoms with Crippen molar-refractivity contribution in [3.63, 3.8) is 0 Å². The third-order valence-electron chi connectivity index (χ3n) is 10.3. The first-order valence-electron chi connectivity index (χ1n) is 17.2. The Hall–Kier alpha value is -3.23. The van der Waals surface area contributed by atoms with Gasteiger partial charge in [-0.2, -0.15) is 0 Å². The van der Waals surface area contributed by atoms with E-state index in [-0.39, 0.29) is 10.8 Å². The highest BCUT2D eigenvalue weighted by Gasteiger charge is 2.34. The van der Waals surface area contributed by atoms with Crippen LogP contribution in [0.3, 0.4) is 0 Å². The van der Waals surface area contributed by atoms with Crippen LogP contribution in [0.1, 0.15) is 111 Å². The molecule has 0 saturated carbocycles. The molecule has 0 bridgehead atoms. The van der Waals surface area contributed by atoms with Gasteiger partial charge in [0.25, 0.3) is 0 Å². The van der Waals surface area contributed by atoms with Crippen molar-refractivity contribution in [1.82, 2.24) is 0 Å². The normalized spacial score (nSPS) is 13.4. The summed E-state index contributed by atoms with van der Waals surface area (Å²) in [6, 6.07) is 36.0. The van der Waals surface area contributed by atoms with E-state index in [1.165, 1.54) is 65.7 Å². The van der Waals surface area contributed by atoms with Gasteiger partial charge in [0.05, 0.1) is 0 Å². The van der Waals surface area contributed by atoms with Gasteiger partial charge in [-0.15, -0.1) is 0 Å². The summed E-state index contributed by atoms with van der Waals surface area (Å²) in [6.07, 6.45) is 0. The van der Waals surface area contributed by atoms with Crippen LogP contribution in [0.4, 0.5) is 0 Å². The maximum atomic E-state index is 4.19. The molecule has 0 nitrogen and oxygen atoms in total. The SMILES string of the molecule is CC(C)C(C)(C)C.CC(C)c1ccc2ccc3cc(C(C)(C)C)cc4ccc1c2c34.CC1(C)c2ccccc2-c2ccccc21.[B]S. The zero-order valence-electron chi connectivity index (χ0n) is 30.9. The minimum atomic E-state index is 0.160. The molecule has 1 aliphatic rings. The molecule has 47 heavy (non-hydrogen) atoms. The van der Waals surface area contributed by atoms with Gasteiger partial charge in [-0.25, -0.2) is 12.5 Å². The maximum Gasteiger partial charge on any atom is 0.156 e. The first kappa shape index (κ1) is 36.6. The average Bonchev–Trinajstić information content (AvgIpc) is 3.26. The van der Waals surface area contributed by atoms with Crippen LogP contribution in [0.5, 0.6) is 0 Å². The summed E-state index contributed by atoms with van der Waals surface area (Å²) in [7, 11) is 4.19. The van der Waals surface area contributed by atoms with Gasteiger partial charge in [-0.3, -0.25) is 0 Å². The van der Waals surface area contributed by atoms with E-state index >= 15 is 0 Å². The molecule has 0 saturated heterocycles. The number of rotatable bonds is 1. The van der Waals surface area contributed by atoms with Gasteiger partial charge in [0.15, 0.2) is 7.12 Å². The lowest BCUT2D eigenvalue weighted by Gasteiger charge is -2.22. The Labute approximate surface area is 292 Å². The maximum absolute atomic E-state index is 4.19. The minimum absolute atomic E-state index is 0.160. The van der Waals surface area contributed by atoms with Crippen LogP contribution in [-0.4, -0.2) is 7.12 Å². The van der Waals surface area contributed by atoms with Crippen molar-refractivity contribution in [3.8, 4) is 11.1 Å². The standard InChI is InChI=1S/C23H24.C15H14.C7H16.BHS/c1-14(2)19-10-8-15-6-7-16-12-18(23(3,4)5)13-17-9-11-20(19)22(15)21(16)17;1-15(2)13-9-5-3-7-11(13)12-8-4-6-10-14(12)15;1-6(2)7(3,4)5;1-2/h6-14H,1-5H3;3-10H,1-2H3;6H,1-5H3;2H. The average molecular weight is 639 g/mol. The van der Waals surface area contributed by atoms with Gasteiger partial charge in [-0.1, -0.05) is 180 Å². The number of hydrogen-bond acceptors (Lipinski definition) is 1. The van der Waals surface area contributed by atoms with E-state index in [1.807, 2.05) is 0 Å². The van der Waals surface area contributed by atoms with Crippen molar-refractivity contribution >= 4 is 51.9 Å². The monoisotopic (exact) mass is 638 g/mol. The Bertz CT molecular complexity index is 1880. The largest absolute Gasteiger partial charge is 0.244 e. The van der Waals surface area contributed by atoms with Crippen LogP contribution in [0.25, 0.3) is 43.4 Å². The van der Waals surface area contributed by atoms with E-state index in [4.69, 9.17) is 0 Å². The Balaban J connectivity index is 0.000000179. The van der Waals surface area contributed by atoms with Gasteiger partial charge in [0, 0.05) is 5.41 Å². The van der Waals surface area contributed by atoms with Crippen molar-refractivity contribution in [1.29, 1.82) is 0 Å². The van der Waals surface area contributed by atoms with Crippen LogP contribution in [-0.2, 0) is 10.8 Å². The van der Waals surface area contributed by atoms with Crippen LogP contribution in [0.2, 0.25) is 0 Å². The third kappa shape index (κ3) is 7.44. The molecular formula is C45H55BS. The van der Waals surface area contributed by atoms with Crippen molar-refractivity contribution in [3.05, 3.63) is 119 Å². The van der Waals surface area contributed by atoms with Crippen molar-refractivity contribution in [2.24, 2.45) is 11.3 Å². The second-order valence-corrected chi connectivity index (χ2v) is 16.4. The lowest BCUT2D eigenvalue weighted by atomic mass is 9.82. The van der Waals surface area contributed by atoms with Gasteiger partial charge in [-0.05, 0) is 88.4 Å². The number of benzene rings is 6. The molecule has 6 aromatic rings. The second-order valence-electron chi connectivity index (χ2n) is 16.4. The van der Waals surface area contributed by atoms with Crippen molar-refractivity contribution in [2.75, 3.05) is 0 Å². The topological polar surface area (TPSA) is 0 Å². The van der Waals surface area contributed by atoms with Crippen molar-refractivity contribution < 1.29 is 0 Å². The van der Waals surface area contributed by atoms with Gasteiger partial charge >= 0.3 is 0 Å². The van der Waals surface area contributed by atoms with Crippen molar-refractivity contribution in [2.45, 2.75) is 99.8 Å². The quantitative estimate of drug-likeness (QED) is 0.103. The molecule has 0 aliphatic heterocycles. The van der Waals surface area contributed by atoms with Crippen LogP contribution >= 0.6 is 12.5 Å². The van der Waals surface area contributed by atoms with E-state index in [2.05, 4.69) is 200 Å². The first-order valence-corrected chi connectivity index (χ1v) is 17.7. The van der Waals surface area contributed by atoms with Crippen LogP contribution in [0, 0.1) is 11.3 Å². The lowest BCUT2D eigenvalue weighted by Crippen LogP contribution is -2.14. The summed E-state index contributed by atoms with van der Waals surface area (Å²) in [4.78, 5) is 0. The highest BCUT2D eigenvalue weighted by atomic mass is 32.1. The molecule has 0 heterocycles. The Morgan fingerprint density at radius 3 is 1.45 bits per heavy atom. The Morgan fingerprint density at radius 2 is 1.00 bits per heavy atom. The molecular weight excluding hydrogens is 583 g/mol. The number of fused-ring (bicyclic) bond motifs is 3. The molecule has 0 N–H and O–H groups in total. The minimum Gasteiger partial charge on any atom is -0.244 e. The second kappa shape index (κ2) is 14.1. The zero-order valence-corrected chi connectivity index (χ0v) is 31.8. The Morgan fingerprint density at radius 1 is 0.574 bits per heavy atom. The smallest absolute Gasteiger partial charge is 0.156 e. The van der Waals surface area contributed by atoms with E-state index in [0.29, 0.717) is 11.3 Å². The number of hydrogen-bond donors (Lipinski definition) is 1. The molecule has 7 rings (SSSR count). The zero-order chi connectivity index (χ0) is 34.9. The summed E-state index contributed by atoms with van der Waals surface area (Å²) in [6.45, 7) is 27.3. The highest BCUT2D eigenvalue weighted by molar-refractivity contribution is 8.03. The summed E-state index contributed by atoms with van der Waals surface area (Å²) in [5.41, 5.74) is 9.40. The predicted octanol–water partition coefficient (Wildman–Crippen LogP) is 13.7. The molecule has 244 valence electrons.